The zero-order valence-corrected chi connectivity index (χ0v) is 26.2. The standard InChI is InChI=1S/C29H42N4O5S2/c1-8-22-9-11-23(12-10-22)33(16-21(2)3)40(36,37)24-13-14-25(26(15-24)39(7,30)35)31-17-29(18-31)19-32(20-29)27(34)38-28(4,5)6/h9-15,21,30H,8,16-20H2,1-7H3. The van der Waals surface area contributed by atoms with Crippen molar-refractivity contribution in [3.05, 3.63) is 48.0 Å². The highest BCUT2D eigenvalue weighted by molar-refractivity contribution is 7.93. The van der Waals surface area contributed by atoms with Gasteiger partial charge in [0.2, 0.25) is 0 Å². The van der Waals surface area contributed by atoms with Gasteiger partial charge in [0, 0.05) is 44.4 Å². The molecule has 1 unspecified atom stereocenters. The Hall–Kier alpha value is -2.79. The Bertz CT molecular complexity index is 1470. The van der Waals surface area contributed by atoms with Crippen LogP contribution in [0.3, 0.4) is 0 Å². The van der Waals surface area contributed by atoms with Crippen LogP contribution in [-0.4, -0.2) is 68.2 Å². The van der Waals surface area contributed by atoms with Gasteiger partial charge in [-0.15, -0.1) is 0 Å². The molecule has 1 spiro atoms. The van der Waals surface area contributed by atoms with Crippen LogP contribution in [0.1, 0.15) is 47.1 Å². The van der Waals surface area contributed by atoms with Crippen molar-refractivity contribution in [1.29, 1.82) is 4.78 Å². The predicted molar refractivity (Wildman–Crippen MR) is 159 cm³/mol. The van der Waals surface area contributed by atoms with E-state index >= 15 is 0 Å². The van der Waals surface area contributed by atoms with E-state index in [9.17, 15) is 17.4 Å². The Labute approximate surface area is 239 Å². The van der Waals surface area contributed by atoms with Crippen LogP contribution >= 0.6 is 0 Å². The number of hydrogen-bond acceptors (Lipinski definition) is 7. The summed E-state index contributed by atoms with van der Waals surface area (Å²) in [6.07, 6.45) is 1.85. The highest BCUT2D eigenvalue weighted by Gasteiger charge is 2.54. The molecule has 1 amide bonds. The minimum atomic E-state index is -3.98. The maximum absolute atomic E-state index is 13.9. The smallest absolute Gasteiger partial charge is 0.410 e. The number of aryl methyl sites for hydroxylation is 1. The number of carbonyl (C=O) groups excluding carboxylic acids is 1. The number of sulfonamides is 1. The lowest BCUT2D eigenvalue weighted by Crippen LogP contribution is -2.73. The van der Waals surface area contributed by atoms with Crippen molar-refractivity contribution in [2.45, 2.75) is 63.4 Å². The van der Waals surface area contributed by atoms with Crippen LogP contribution in [0.4, 0.5) is 16.2 Å². The van der Waals surface area contributed by atoms with Gasteiger partial charge < -0.3 is 14.5 Å². The molecule has 4 rings (SSSR count). The molecular formula is C29H42N4O5S2. The van der Waals surface area contributed by atoms with Gasteiger partial charge in [0.25, 0.3) is 10.0 Å². The van der Waals surface area contributed by atoms with Crippen LogP contribution in [0.25, 0.3) is 0 Å². The highest BCUT2D eigenvalue weighted by atomic mass is 32.2. The Morgan fingerprint density at radius 2 is 1.65 bits per heavy atom. The molecule has 220 valence electrons. The van der Waals surface area contributed by atoms with E-state index in [1.54, 1.807) is 17.0 Å². The summed E-state index contributed by atoms with van der Waals surface area (Å²) in [5.41, 5.74) is 1.66. The molecule has 11 heteroatoms. The highest BCUT2D eigenvalue weighted by Crippen LogP contribution is 2.44. The Balaban J connectivity index is 1.58. The van der Waals surface area contributed by atoms with E-state index in [0.717, 1.165) is 12.0 Å². The summed E-state index contributed by atoms with van der Waals surface area (Å²) >= 11 is 0. The lowest BCUT2D eigenvalue weighted by Gasteiger charge is -2.60. The first kappa shape index (κ1) is 30.2. The monoisotopic (exact) mass is 590 g/mol. The zero-order valence-electron chi connectivity index (χ0n) is 24.6. The third kappa shape index (κ3) is 6.25. The number of amides is 1. The third-order valence-electron chi connectivity index (χ3n) is 7.20. The van der Waals surface area contributed by atoms with Crippen molar-refractivity contribution in [3.63, 3.8) is 0 Å². The second kappa shape index (κ2) is 10.6. The van der Waals surface area contributed by atoms with Crippen LogP contribution in [0.5, 0.6) is 0 Å². The molecule has 1 atom stereocenters. The number of carbonyl (C=O) groups is 1. The first-order valence-electron chi connectivity index (χ1n) is 13.7. The summed E-state index contributed by atoms with van der Waals surface area (Å²) in [6.45, 7) is 14.2. The van der Waals surface area contributed by atoms with E-state index in [1.165, 1.54) is 16.6 Å². The van der Waals surface area contributed by atoms with E-state index in [0.29, 0.717) is 37.6 Å². The molecular weight excluding hydrogens is 548 g/mol. The number of anilines is 2. The Morgan fingerprint density at radius 3 is 2.15 bits per heavy atom. The van der Waals surface area contributed by atoms with E-state index in [4.69, 9.17) is 9.52 Å². The molecule has 0 aromatic heterocycles. The minimum absolute atomic E-state index is 0.0169. The maximum atomic E-state index is 13.9. The number of ether oxygens (including phenoxy) is 1. The number of hydrogen-bond donors (Lipinski definition) is 1. The minimum Gasteiger partial charge on any atom is -0.444 e. The van der Waals surface area contributed by atoms with Gasteiger partial charge in [-0.2, -0.15) is 0 Å². The molecule has 0 saturated carbocycles. The lowest BCUT2D eigenvalue weighted by atomic mass is 9.73. The average molecular weight is 591 g/mol. The van der Waals surface area contributed by atoms with Gasteiger partial charge in [-0.1, -0.05) is 32.9 Å². The van der Waals surface area contributed by atoms with Gasteiger partial charge in [0.15, 0.2) is 0 Å². The Kier molecular flexibility index (Phi) is 7.96. The topological polar surface area (TPSA) is 111 Å². The SMILES string of the molecule is CCc1ccc(N(CC(C)C)S(=O)(=O)c2ccc(N3CC4(CN(C(=O)OC(C)(C)C)C4)C3)c(S(C)(=N)=O)c2)cc1. The molecule has 0 aliphatic carbocycles. The van der Waals surface area contributed by atoms with Crippen molar-refractivity contribution < 1.29 is 22.2 Å². The fraction of sp³-hybridized carbons (Fsp3) is 0.552. The molecule has 2 heterocycles. The molecule has 1 N–H and O–H groups in total. The average Bonchev–Trinajstić information content (AvgIpc) is 2.79. The van der Waals surface area contributed by atoms with E-state index in [2.05, 4.69) is 0 Å². The van der Waals surface area contributed by atoms with Crippen molar-refractivity contribution in [1.82, 2.24) is 4.90 Å². The zero-order chi connectivity index (χ0) is 29.7. The van der Waals surface area contributed by atoms with Gasteiger partial charge in [-0.25, -0.2) is 22.2 Å². The summed E-state index contributed by atoms with van der Waals surface area (Å²) in [5, 5.41) is 0. The molecule has 0 bridgehead atoms. The van der Waals surface area contributed by atoms with Crippen molar-refractivity contribution in [2.75, 3.05) is 48.2 Å². The summed E-state index contributed by atoms with van der Waals surface area (Å²) in [6, 6.07) is 12.1. The molecule has 2 aromatic rings. The van der Waals surface area contributed by atoms with Gasteiger partial charge >= 0.3 is 6.09 Å². The first-order chi connectivity index (χ1) is 18.4. The fourth-order valence-corrected chi connectivity index (χ4v) is 7.96. The molecule has 0 radical (unpaired) electrons. The number of nitrogens with zero attached hydrogens (tertiary/aromatic N) is 3. The number of rotatable bonds is 8. The summed E-state index contributed by atoms with van der Waals surface area (Å²) < 4.78 is 56.2. The summed E-state index contributed by atoms with van der Waals surface area (Å²) in [4.78, 5) is 16.3. The van der Waals surface area contributed by atoms with Crippen molar-refractivity contribution in [3.8, 4) is 0 Å². The summed E-state index contributed by atoms with van der Waals surface area (Å²) in [7, 11) is -7.22. The lowest BCUT2D eigenvalue weighted by molar-refractivity contribution is -0.0454. The maximum Gasteiger partial charge on any atom is 0.410 e. The van der Waals surface area contributed by atoms with Crippen LogP contribution in [0.15, 0.2) is 52.3 Å². The van der Waals surface area contributed by atoms with E-state index < -0.39 is 25.4 Å². The second-order valence-corrected chi connectivity index (χ2v) is 16.6. The van der Waals surface area contributed by atoms with Crippen LogP contribution in [0.2, 0.25) is 0 Å². The quantitative estimate of drug-likeness (QED) is 0.453. The number of likely N-dealkylation sites (tertiary alicyclic amines) is 1. The van der Waals surface area contributed by atoms with E-state index in [1.807, 2.05) is 70.7 Å². The van der Waals surface area contributed by atoms with E-state index in [-0.39, 0.29) is 33.8 Å². The normalized spacial score (nSPS) is 18.2. The second-order valence-electron chi connectivity index (χ2n) is 12.6. The number of nitrogens with one attached hydrogen (secondary N) is 1. The van der Waals surface area contributed by atoms with Gasteiger partial charge in [0.1, 0.15) is 5.60 Å². The molecule has 9 nitrogen and oxygen atoms in total. The Morgan fingerprint density at radius 1 is 1.05 bits per heavy atom. The van der Waals surface area contributed by atoms with Crippen LogP contribution in [-0.2, 0) is 30.9 Å². The molecule has 2 saturated heterocycles. The first-order valence-corrected chi connectivity index (χ1v) is 17.1. The summed E-state index contributed by atoms with van der Waals surface area (Å²) in [5.74, 6) is 0.0749. The third-order valence-corrected chi connectivity index (χ3v) is 10.2. The molecule has 2 fully saturated rings. The van der Waals surface area contributed by atoms with Gasteiger partial charge in [-0.05, 0) is 69.0 Å². The predicted octanol–water partition coefficient (Wildman–Crippen LogP) is 5.19. The van der Waals surface area contributed by atoms with Crippen LogP contribution in [0, 0.1) is 16.1 Å². The molecule has 2 aliphatic rings. The number of benzene rings is 2. The largest absolute Gasteiger partial charge is 0.444 e. The van der Waals surface area contributed by atoms with Gasteiger partial charge in [-0.3, -0.25) is 4.31 Å². The fourth-order valence-electron chi connectivity index (χ4n) is 5.28. The van der Waals surface area contributed by atoms with Crippen molar-refractivity contribution >= 4 is 37.2 Å². The van der Waals surface area contributed by atoms with Crippen LogP contribution < -0.4 is 9.21 Å². The van der Waals surface area contributed by atoms with Crippen molar-refractivity contribution in [2.24, 2.45) is 11.3 Å². The molecule has 2 aliphatic heterocycles. The van der Waals surface area contributed by atoms with Gasteiger partial charge in [0.05, 0.1) is 30.9 Å². The molecule has 2 aromatic carbocycles. The molecule has 40 heavy (non-hydrogen) atoms.